The molecule has 0 bridgehead atoms. The van der Waals surface area contributed by atoms with Crippen LogP contribution in [-0.4, -0.2) is 25.2 Å². The van der Waals surface area contributed by atoms with Crippen LogP contribution < -0.4 is 0 Å². The van der Waals surface area contributed by atoms with Gasteiger partial charge in [-0.3, -0.25) is 9.59 Å². The third kappa shape index (κ3) is 7.58. The van der Waals surface area contributed by atoms with Crippen LogP contribution in [0.4, 0.5) is 0 Å². The molecule has 0 spiro atoms. The maximum Gasteiger partial charge on any atom is 0.317 e. The second-order valence-corrected chi connectivity index (χ2v) is 3.38. The summed E-state index contributed by atoms with van der Waals surface area (Å²) in [6, 6.07) is 0. The smallest absolute Gasteiger partial charge is 0.317 e. The fourth-order valence-corrected chi connectivity index (χ4v) is 0.789. The molecule has 0 aromatic carbocycles. The first kappa shape index (κ1) is 12.9. The predicted molar refractivity (Wildman–Crippen MR) is 51.7 cm³/mol. The van der Waals surface area contributed by atoms with Crippen LogP contribution in [0.5, 0.6) is 0 Å². The van der Waals surface area contributed by atoms with E-state index in [2.05, 4.69) is 4.74 Å². The molecular weight excluding hydrogens is 184 g/mol. The van der Waals surface area contributed by atoms with Gasteiger partial charge in [-0.2, -0.15) is 0 Å². The van der Waals surface area contributed by atoms with Crippen LogP contribution in [0.2, 0.25) is 0 Å². The Balaban J connectivity index is 3.50. The van der Waals surface area contributed by atoms with Gasteiger partial charge >= 0.3 is 11.9 Å². The molecule has 0 saturated heterocycles. The molecule has 4 heteroatoms. The van der Waals surface area contributed by atoms with Gasteiger partial charge in [0.25, 0.3) is 0 Å². The molecule has 0 heterocycles. The molecule has 0 aliphatic rings. The van der Waals surface area contributed by atoms with Crippen molar-refractivity contribution in [1.82, 2.24) is 0 Å². The highest BCUT2D eigenvalue weighted by molar-refractivity contribution is 5.91. The molecule has 0 N–H and O–H groups in total. The summed E-state index contributed by atoms with van der Waals surface area (Å²) in [4.78, 5) is 21.8. The summed E-state index contributed by atoms with van der Waals surface area (Å²) in [7, 11) is 0. The summed E-state index contributed by atoms with van der Waals surface area (Å²) in [5.41, 5.74) is 0. The number of hydrogen-bond acceptors (Lipinski definition) is 4. The predicted octanol–water partition coefficient (Wildman–Crippen LogP) is 1.53. The van der Waals surface area contributed by atoms with Crippen LogP contribution in [0.15, 0.2) is 0 Å². The summed E-state index contributed by atoms with van der Waals surface area (Å²) in [5, 5.41) is 0. The van der Waals surface area contributed by atoms with Crippen molar-refractivity contribution in [3.63, 3.8) is 0 Å². The molecule has 82 valence electrons. The summed E-state index contributed by atoms with van der Waals surface area (Å²) in [5.74, 6) is -0.545. The van der Waals surface area contributed by atoms with Crippen LogP contribution >= 0.6 is 0 Å². The molecule has 0 radical (unpaired) electrons. The van der Waals surface area contributed by atoms with Crippen LogP contribution in [0.3, 0.4) is 0 Å². The molecule has 0 saturated carbocycles. The number of esters is 2. The minimum atomic E-state index is -0.526. The van der Waals surface area contributed by atoms with Gasteiger partial charge in [0.1, 0.15) is 6.42 Å². The first-order chi connectivity index (χ1) is 6.56. The maximum absolute atomic E-state index is 11.0. The Morgan fingerprint density at radius 3 is 2.21 bits per heavy atom. The van der Waals surface area contributed by atoms with E-state index in [1.165, 1.54) is 0 Å². The molecule has 0 aliphatic carbocycles. The number of rotatable bonds is 6. The number of carbonyl (C=O) groups is 2. The maximum atomic E-state index is 11.0. The Morgan fingerprint density at radius 2 is 1.71 bits per heavy atom. The van der Waals surface area contributed by atoms with Gasteiger partial charge in [0.05, 0.1) is 13.2 Å². The van der Waals surface area contributed by atoms with E-state index in [9.17, 15) is 9.59 Å². The van der Waals surface area contributed by atoms with Crippen molar-refractivity contribution in [2.75, 3.05) is 13.2 Å². The zero-order chi connectivity index (χ0) is 11.0. The molecule has 0 aliphatic heterocycles. The second-order valence-electron chi connectivity index (χ2n) is 3.38. The normalized spacial score (nSPS) is 10.0. The van der Waals surface area contributed by atoms with E-state index in [0.29, 0.717) is 12.5 Å². The Bertz CT molecular complexity index is 187. The Morgan fingerprint density at radius 1 is 1.14 bits per heavy atom. The lowest BCUT2D eigenvalue weighted by Crippen LogP contribution is -2.14. The fourth-order valence-electron chi connectivity index (χ4n) is 0.789. The van der Waals surface area contributed by atoms with E-state index in [0.717, 1.165) is 6.42 Å². The quantitative estimate of drug-likeness (QED) is 0.484. The lowest BCUT2D eigenvalue weighted by molar-refractivity contribution is -0.154. The fraction of sp³-hybridized carbons (Fsp3) is 0.800. The van der Waals surface area contributed by atoms with E-state index < -0.39 is 11.9 Å². The van der Waals surface area contributed by atoms with E-state index in [1.54, 1.807) is 6.92 Å². The Kier molecular flexibility index (Phi) is 6.80. The summed E-state index contributed by atoms with van der Waals surface area (Å²) in [6.07, 6.45) is 0.528. The first-order valence-corrected chi connectivity index (χ1v) is 4.87. The molecule has 0 aromatic rings. The molecule has 0 atom stereocenters. The highest BCUT2D eigenvalue weighted by Gasteiger charge is 2.11. The van der Waals surface area contributed by atoms with Crippen molar-refractivity contribution >= 4 is 11.9 Å². The van der Waals surface area contributed by atoms with Gasteiger partial charge in [-0.25, -0.2) is 0 Å². The number of hydrogen-bond donors (Lipinski definition) is 0. The lowest BCUT2D eigenvalue weighted by atomic mass is 10.1. The van der Waals surface area contributed by atoms with Crippen LogP contribution in [0, 0.1) is 5.92 Å². The zero-order valence-corrected chi connectivity index (χ0v) is 9.04. The van der Waals surface area contributed by atoms with Crippen LogP contribution in [0.1, 0.15) is 33.6 Å². The van der Waals surface area contributed by atoms with Gasteiger partial charge in [0, 0.05) is 0 Å². The van der Waals surface area contributed by atoms with Gasteiger partial charge in [-0.05, 0) is 19.3 Å². The minimum absolute atomic E-state index is 0.286. The van der Waals surface area contributed by atoms with Gasteiger partial charge < -0.3 is 9.47 Å². The average molecular weight is 202 g/mol. The molecule has 0 unspecified atom stereocenters. The largest absolute Gasteiger partial charge is 0.466 e. The minimum Gasteiger partial charge on any atom is -0.466 e. The second kappa shape index (κ2) is 7.35. The van der Waals surface area contributed by atoms with Gasteiger partial charge in [-0.1, -0.05) is 13.8 Å². The highest BCUT2D eigenvalue weighted by atomic mass is 16.6. The summed E-state index contributed by atoms with van der Waals surface area (Å²) >= 11 is 0. The molecule has 0 fully saturated rings. The standard InChI is InChI=1S/C10H18O4/c1-4-13-9(11)7-10(12)14-6-5-8(2)3/h8H,4-7H2,1-3H3. The Hall–Kier alpha value is -1.06. The average Bonchev–Trinajstić information content (AvgIpc) is 2.03. The Labute approximate surface area is 84.6 Å². The van der Waals surface area contributed by atoms with Crippen LogP contribution in [-0.2, 0) is 19.1 Å². The van der Waals surface area contributed by atoms with Crippen molar-refractivity contribution in [3.05, 3.63) is 0 Å². The van der Waals surface area contributed by atoms with E-state index >= 15 is 0 Å². The van der Waals surface area contributed by atoms with Gasteiger partial charge in [-0.15, -0.1) is 0 Å². The van der Waals surface area contributed by atoms with Crippen molar-refractivity contribution in [2.45, 2.75) is 33.6 Å². The van der Waals surface area contributed by atoms with Crippen LogP contribution in [0.25, 0.3) is 0 Å². The molecule has 0 rings (SSSR count). The first-order valence-electron chi connectivity index (χ1n) is 4.87. The lowest BCUT2D eigenvalue weighted by Gasteiger charge is -2.06. The summed E-state index contributed by atoms with van der Waals surface area (Å²) in [6.45, 7) is 6.44. The number of ether oxygens (including phenoxy) is 2. The van der Waals surface area contributed by atoms with E-state index in [-0.39, 0.29) is 13.0 Å². The van der Waals surface area contributed by atoms with Gasteiger partial charge in [0.15, 0.2) is 0 Å². The number of carbonyl (C=O) groups excluding carboxylic acids is 2. The summed E-state index contributed by atoms with van der Waals surface area (Å²) < 4.78 is 9.43. The van der Waals surface area contributed by atoms with Crippen molar-refractivity contribution in [2.24, 2.45) is 5.92 Å². The van der Waals surface area contributed by atoms with Gasteiger partial charge in [0.2, 0.25) is 0 Å². The van der Waals surface area contributed by atoms with Crippen molar-refractivity contribution in [1.29, 1.82) is 0 Å². The molecule has 14 heavy (non-hydrogen) atoms. The topological polar surface area (TPSA) is 52.6 Å². The van der Waals surface area contributed by atoms with Crippen molar-refractivity contribution in [3.8, 4) is 0 Å². The highest BCUT2D eigenvalue weighted by Crippen LogP contribution is 2.00. The molecule has 0 aromatic heterocycles. The monoisotopic (exact) mass is 202 g/mol. The van der Waals surface area contributed by atoms with E-state index in [4.69, 9.17) is 4.74 Å². The third-order valence-electron chi connectivity index (χ3n) is 1.55. The molecular formula is C10H18O4. The third-order valence-corrected chi connectivity index (χ3v) is 1.55. The SMILES string of the molecule is CCOC(=O)CC(=O)OCCC(C)C. The zero-order valence-electron chi connectivity index (χ0n) is 9.04. The molecule has 4 nitrogen and oxygen atoms in total. The molecule has 0 amide bonds. The van der Waals surface area contributed by atoms with Crippen molar-refractivity contribution < 1.29 is 19.1 Å². The van der Waals surface area contributed by atoms with E-state index in [1.807, 2.05) is 13.8 Å².